The number of aliphatic hydroxyl groups is 1. The molecule has 0 amide bonds. The molecule has 3 rings (SSSR count). The number of hydrogen-bond acceptors (Lipinski definition) is 4. The van der Waals surface area contributed by atoms with Crippen molar-refractivity contribution in [2.75, 3.05) is 0 Å². The van der Waals surface area contributed by atoms with Gasteiger partial charge in [-0.2, -0.15) is 0 Å². The van der Waals surface area contributed by atoms with E-state index in [1.165, 1.54) is 6.42 Å². The second kappa shape index (κ2) is 8.68. The summed E-state index contributed by atoms with van der Waals surface area (Å²) < 4.78 is 20.6. The lowest BCUT2D eigenvalue weighted by molar-refractivity contribution is 0.0427. The normalized spacial score (nSPS) is 26.5. The van der Waals surface area contributed by atoms with Gasteiger partial charge >= 0.3 is 0 Å². The van der Waals surface area contributed by atoms with E-state index in [0.29, 0.717) is 28.6 Å². The van der Waals surface area contributed by atoms with Crippen LogP contribution in [0.3, 0.4) is 0 Å². The van der Waals surface area contributed by atoms with Gasteiger partial charge in [-0.15, -0.1) is 0 Å². The Morgan fingerprint density at radius 3 is 2.52 bits per heavy atom. The van der Waals surface area contributed by atoms with Crippen LogP contribution in [0, 0.1) is 17.8 Å². The van der Waals surface area contributed by atoms with Gasteiger partial charge in [-0.05, 0) is 48.8 Å². The predicted octanol–water partition coefficient (Wildman–Crippen LogP) is 5.15. The van der Waals surface area contributed by atoms with Crippen LogP contribution in [-0.4, -0.2) is 16.2 Å². The highest BCUT2D eigenvalue weighted by Crippen LogP contribution is 2.60. The first-order valence-electron chi connectivity index (χ1n) is 9.83. The van der Waals surface area contributed by atoms with Crippen LogP contribution in [0.5, 0.6) is 0 Å². The van der Waals surface area contributed by atoms with Gasteiger partial charge in [-0.25, -0.2) is 0 Å². The standard InChI is InChI=1S/C22H30NO3P/c1-16(2)20-12-11-17(3)14-21(20)26-27(25,19-9-5-4-6-10-19)22(24)18-8-7-13-23-15-18/h4-10,13,15-17,20-22,24H,11-12,14H2,1-3H3/t17-,20-,21-,22+,27-/m1/s1. The quantitative estimate of drug-likeness (QED) is 0.696. The molecule has 0 saturated heterocycles. The Hall–Kier alpha value is -1.48. The highest BCUT2D eigenvalue weighted by atomic mass is 31.2. The molecule has 0 bridgehead atoms. The average molecular weight is 387 g/mol. The molecule has 1 aliphatic rings. The first-order valence-corrected chi connectivity index (χ1v) is 11.5. The maximum Gasteiger partial charge on any atom is 0.264 e. The molecule has 1 aromatic heterocycles. The van der Waals surface area contributed by atoms with Gasteiger partial charge in [0.05, 0.1) is 6.10 Å². The molecule has 0 aliphatic heterocycles. The fourth-order valence-electron chi connectivity index (χ4n) is 4.06. The average Bonchev–Trinajstić information content (AvgIpc) is 2.68. The van der Waals surface area contributed by atoms with Crippen molar-refractivity contribution in [3.8, 4) is 0 Å². The van der Waals surface area contributed by atoms with Crippen LogP contribution >= 0.6 is 7.37 Å². The summed E-state index contributed by atoms with van der Waals surface area (Å²) in [6.07, 6.45) is 6.20. The Morgan fingerprint density at radius 1 is 1.15 bits per heavy atom. The molecule has 5 heteroatoms. The molecule has 0 unspecified atom stereocenters. The van der Waals surface area contributed by atoms with Crippen LogP contribution in [-0.2, 0) is 9.09 Å². The molecule has 1 fully saturated rings. The first kappa shape index (κ1) is 20.3. The summed E-state index contributed by atoms with van der Waals surface area (Å²) >= 11 is 0. The molecular weight excluding hydrogens is 357 g/mol. The van der Waals surface area contributed by atoms with Crippen molar-refractivity contribution in [3.63, 3.8) is 0 Å². The van der Waals surface area contributed by atoms with Gasteiger partial charge in [0.15, 0.2) is 5.85 Å². The lowest BCUT2D eigenvalue weighted by Gasteiger charge is -2.39. The summed E-state index contributed by atoms with van der Waals surface area (Å²) in [5, 5.41) is 11.6. The maximum atomic E-state index is 14.2. The van der Waals surface area contributed by atoms with E-state index in [0.717, 1.165) is 12.8 Å². The van der Waals surface area contributed by atoms with E-state index in [1.54, 1.807) is 36.7 Å². The summed E-state index contributed by atoms with van der Waals surface area (Å²) in [5.41, 5.74) is 0.523. The van der Waals surface area contributed by atoms with Gasteiger partial charge < -0.3 is 9.63 Å². The molecule has 2 aromatic rings. The molecular formula is C22H30NO3P. The fraction of sp³-hybridized carbons (Fsp3) is 0.500. The molecule has 1 N–H and O–H groups in total. The minimum Gasteiger partial charge on any atom is -0.378 e. The molecule has 0 radical (unpaired) electrons. The van der Waals surface area contributed by atoms with E-state index in [2.05, 4.69) is 25.8 Å². The van der Waals surface area contributed by atoms with E-state index in [4.69, 9.17) is 4.52 Å². The van der Waals surface area contributed by atoms with E-state index >= 15 is 0 Å². The topological polar surface area (TPSA) is 59.4 Å². The van der Waals surface area contributed by atoms with Gasteiger partial charge in [-0.3, -0.25) is 9.55 Å². The van der Waals surface area contributed by atoms with Crippen LogP contribution in [0.2, 0.25) is 0 Å². The highest BCUT2D eigenvalue weighted by molar-refractivity contribution is 7.67. The lowest BCUT2D eigenvalue weighted by Crippen LogP contribution is -2.35. The van der Waals surface area contributed by atoms with Crippen LogP contribution in [0.15, 0.2) is 54.9 Å². The number of nitrogens with zero attached hydrogens (tertiary/aromatic N) is 1. The van der Waals surface area contributed by atoms with Crippen molar-refractivity contribution in [2.24, 2.45) is 17.8 Å². The van der Waals surface area contributed by atoms with Crippen molar-refractivity contribution in [2.45, 2.75) is 52.0 Å². The maximum absolute atomic E-state index is 14.2. The Morgan fingerprint density at radius 2 is 1.89 bits per heavy atom. The van der Waals surface area contributed by atoms with E-state index in [1.807, 2.05) is 18.2 Å². The molecule has 1 saturated carbocycles. The third-order valence-electron chi connectivity index (χ3n) is 5.67. The first-order chi connectivity index (χ1) is 12.9. The molecule has 27 heavy (non-hydrogen) atoms. The Balaban J connectivity index is 1.98. The zero-order valence-electron chi connectivity index (χ0n) is 16.4. The van der Waals surface area contributed by atoms with E-state index in [-0.39, 0.29) is 6.10 Å². The third-order valence-corrected chi connectivity index (χ3v) is 8.22. The van der Waals surface area contributed by atoms with E-state index in [9.17, 15) is 9.67 Å². The van der Waals surface area contributed by atoms with Gasteiger partial charge in [0, 0.05) is 23.3 Å². The molecule has 1 aliphatic carbocycles. The lowest BCUT2D eigenvalue weighted by atomic mass is 9.75. The SMILES string of the molecule is CC(C)[C@H]1CC[C@@H](C)C[C@H]1O[P@](=O)(c1ccccc1)[C@H](O)c1cccnc1. The van der Waals surface area contributed by atoms with Crippen LogP contribution < -0.4 is 5.30 Å². The van der Waals surface area contributed by atoms with Crippen LogP contribution in [0.1, 0.15) is 51.4 Å². The largest absolute Gasteiger partial charge is 0.378 e. The van der Waals surface area contributed by atoms with Gasteiger partial charge in [0.25, 0.3) is 7.37 Å². The van der Waals surface area contributed by atoms with Gasteiger partial charge in [-0.1, -0.05) is 51.5 Å². The number of aliphatic hydroxyl groups excluding tert-OH is 1. The van der Waals surface area contributed by atoms with E-state index < -0.39 is 13.2 Å². The Labute approximate surface area is 162 Å². The summed E-state index contributed by atoms with van der Waals surface area (Å²) in [7, 11) is -3.54. The molecule has 146 valence electrons. The van der Waals surface area contributed by atoms with Crippen molar-refractivity contribution in [3.05, 3.63) is 60.4 Å². The summed E-state index contributed by atoms with van der Waals surface area (Å²) in [4.78, 5) is 4.08. The van der Waals surface area contributed by atoms with Gasteiger partial charge in [0.1, 0.15) is 0 Å². The van der Waals surface area contributed by atoms with Crippen molar-refractivity contribution in [1.29, 1.82) is 0 Å². The number of hydrogen-bond donors (Lipinski definition) is 1. The van der Waals surface area contributed by atoms with Crippen LogP contribution in [0.25, 0.3) is 0 Å². The summed E-state index contributed by atoms with van der Waals surface area (Å²) in [6, 6.07) is 12.6. The van der Waals surface area contributed by atoms with Crippen molar-refractivity contribution >= 4 is 12.7 Å². The number of aromatic nitrogens is 1. The summed E-state index contributed by atoms with van der Waals surface area (Å²) in [6.45, 7) is 6.61. The molecule has 0 spiro atoms. The molecule has 4 nitrogen and oxygen atoms in total. The monoisotopic (exact) mass is 387 g/mol. The predicted molar refractivity (Wildman–Crippen MR) is 109 cm³/mol. The van der Waals surface area contributed by atoms with Crippen molar-refractivity contribution < 1.29 is 14.2 Å². The van der Waals surface area contributed by atoms with Gasteiger partial charge in [0.2, 0.25) is 0 Å². The van der Waals surface area contributed by atoms with Crippen molar-refractivity contribution in [1.82, 2.24) is 4.98 Å². The molecule has 5 atom stereocenters. The highest BCUT2D eigenvalue weighted by Gasteiger charge is 2.42. The minimum absolute atomic E-state index is 0.119. The number of benzene rings is 1. The molecule has 1 heterocycles. The summed E-state index contributed by atoms with van der Waals surface area (Å²) in [5.74, 6) is 0.102. The Bertz CT molecular complexity index is 766. The van der Waals surface area contributed by atoms with Crippen LogP contribution in [0.4, 0.5) is 0 Å². The minimum atomic E-state index is -3.54. The second-order valence-corrected chi connectivity index (χ2v) is 10.5. The fourth-order valence-corrected chi connectivity index (χ4v) is 6.35. The second-order valence-electron chi connectivity index (χ2n) is 8.06. The third kappa shape index (κ3) is 4.51. The smallest absolute Gasteiger partial charge is 0.264 e. The number of pyridine rings is 1. The zero-order chi connectivity index (χ0) is 19.4. The molecule has 1 aromatic carbocycles. The Kier molecular flexibility index (Phi) is 6.52. The zero-order valence-corrected chi connectivity index (χ0v) is 17.3. The number of rotatable bonds is 6.